The summed E-state index contributed by atoms with van der Waals surface area (Å²) in [7, 11) is 0. The Morgan fingerprint density at radius 1 is 0.267 bits per heavy atom. The van der Waals surface area contributed by atoms with Crippen molar-refractivity contribution in [2.75, 3.05) is 4.90 Å². The van der Waals surface area contributed by atoms with Gasteiger partial charge in [0.1, 0.15) is 0 Å². The Labute approximate surface area is 262 Å². The van der Waals surface area contributed by atoms with Crippen LogP contribution in [0.1, 0.15) is 0 Å². The van der Waals surface area contributed by atoms with Crippen LogP contribution in [0.4, 0.5) is 17.1 Å². The highest BCUT2D eigenvalue weighted by Gasteiger charge is 2.19. The molecule has 1 heteroatoms. The van der Waals surface area contributed by atoms with E-state index in [4.69, 9.17) is 0 Å². The summed E-state index contributed by atoms with van der Waals surface area (Å²) in [6.45, 7) is 0. The van der Waals surface area contributed by atoms with Crippen LogP contribution in [0, 0.1) is 0 Å². The van der Waals surface area contributed by atoms with E-state index in [1.165, 1.54) is 76.4 Å². The van der Waals surface area contributed by atoms with Crippen LogP contribution in [-0.4, -0.2) is 0 Å². The first-order valence-electron chi connectivity index (χ1n) is 15.5. The van der Waals surface area contributed by atoms with Gasteiger partial charge in [-0.15, -0.1) is 0 Å². The van der Waals surface area contributed by atoms with Crippen LogP contribution >= 0.6 is 0 Å². The van der Waals surface area contributed by atoms with Gasteiger partial charge in [0.2, 0.25) is 0 Å². The zero-order valence-corrected chi connectivity index (χ0v) is 24.7. The molecule has 0 amide bonds. The number of hydrogen-bond donors (Lipinski definition) is 0. The van der Waals surface area contributed by atoms with Crippen molar-refractivity contribution in [1.29, 1.82) is 0 Å². The third-order valence-electron chi connectivity index (χ3n) is 9.20. The predicted octanol–water partition coefficient (Wildman–Crippen LogP) is 12.6. The fourth-order valence-corrected chi connectivity index (χ4v) is 7.03. The third kappa shape index (κ3) is 4.24. The Kier molecular flexibility index (Phi) is 5.89. The first kappa shape index (κ1) is 25.6. The Morgan fingerprint density at radius 2 is 0.778 bits per heavy atom. The maximum absolute atomic E-state index is 2.44. The summed E-state index contributed by atoms with van der Waals surface area (Å²) in [5, 5.41) is 12.6. The third-order valence-corrected chi connectivity index (χ3v) is 9.20. The van der Waals surface area contributed by atoms with Gasteiger partial charge in [0, 0.05) is 16.5 Å². The molecule has 0 spiro atoms. The van der Waals surface area contributed by atoms with Crippen LogP contribution < -0.4 is 4.90 Å². The van der Waals surface area contributed by atoms with E-state index >= 15 is 0 Å². The molecule has 0 saturated carbocycles. The Morgan fingerprint density at radius 3 is 1.56 bits per heavy atom. The van der Waals surface area contributed by atoms with E-state index < -0.39 is 0 Å². The maximum Gasteiger partial charge on any atom is 0.0546 e. The zero-order chi connectivity index (χ0) is 29.7. The molecule has 1 nitrogen and oxygen atoms in total. The first-order valence-corrected chi connectivity index (χ1v) is 15.5. The summed E-state index contributed by atoms with van der Waals surface area (Å²) in [4.78, 5) is 2.44. The van der Waals surface area contributed by atoms with Crippen LogP contribution in [0.3, 0.4) is 0 Å². The molecule has 0 fully saturated rings. The normalized spacial score (nSPS) is 11.6. The molecule has 9 aromatic carbocycles. The van der Waals surface area contributed by atoms with Crippen LogP contribution in [0.2, 0.25) is 0 Å². The van der Waals surface area contributed by atoms with Gasteiger partial charge in [-0.25, -0.2) is 0 Å². The molecule has 0 atom stereocenters. The van der Waals surface area contributed by atoms with E-state index in [9.17, 15) is 0 Å². The molecule has 9 aromatic rings. The lowest BCUT2D eigenvalue weighted by Crippen LogP contribution is -2.11. The summed E-state index contributed by atoms with van der Waals surface area (Å²) in [5.74, 6) is 0. The summed E-state index contributed by atoms with van der Waals surface area (Å²) in [5.41, 5.74) is 5.89. The summed E-state index contributed by atoms with van der Waals surface area (Å²) >= 11 is 0. The monoisotopic (exact) mass is 571 g/mol. The standard InChI is InChI=1S/C44H29N/c1-4-14-37-32(11-1)20-21-35-28-33(24-27-39(35)37)30-22-25-36(26-23-30)45(43-19-9-13-31-10-2-6-16-40(31)43)44-29-34-12-3-5-15-38(34)41-17-7-8-18-42(41)44/h1-29H. The van der Waals surface area contributed by atoms with E-state index in [0.717, 1.165) is 5.69 Å². The minimum Gasteiger partial charge on any atom is -0.309 e. The molecule has 210 valence electrons. The minimum atomic E-state index is 1.13. The van der Waals surface area contributed by atoms with Gasteiger partial charge in [-0.1, -0.05) is 146 Å². The van der Waals surface area contributed by atoms with Gasteiger partial charge in [0.25, 0.3) is 0 Å². The number of rotatable bonds is 4. The van der Waals surface area contributed by atoms with Gasteiger partial charge in [0.15, 0.2) is 0 Å². The molecule has 0 aliphatic carbocycles. The second-order valence-electron chi connectivity index (χ2n) is 11.8. The molecule has 0 saturated heterocycles. The number of hydrogen-bond acceptors (Lipinski definition) is 1. The highest BCUT2D eigenvalue weighted by molar-refractivity contribution is 6.15. The van der Waals surface area contributed by atoms with Gasteiger partial charge in [0.05, 0.1) is 11.4 Å². The van der Waals surface area contributed by atoms with Gasteiger partial charge in [-0.2, -0.15) is 0 Å². The predicted molar refractivity (Wildman–Crippen MR) is 194 cm³/mol. The lowest BCUT2D eigenvalue weighted by molar-refractivity contribution is 1.32. The largest absolute Gasteiger partial charge is 0.309 e. The van der Waals surface area contributed by atoms with Crippen LogP contribution in [0.5, 0.6) is 0 Å². The van der Waals surface area contributed by atoms with Crippen molar-refractivity contribution in [3.05, 3.63) is 176 Å². The highest BCUT2D eigenvalue weighted by Crippen LogP contribution is 2.44. The second kappa shape index (κ2) is 10.4. The molecule has 9 rings (SSSR count). The topological polar surface area (TPSA) is 3.24 Å². The summed E-state index contributed by atoms with van der Waals surface area (Å²) in [6, 6.07) is 64.1. The number of nitrogens with zero attached hydrogens (tertiary/aromatic N) is 1. The van der Waals surface area contributed by atoms with Gasteiger partial charge in [-0.05, 0) is 84.5 Å². The number of fused-ring (bicyclic) bond motifs is 7. The van der Waals surface area contributed by atoms with E-state index in [0.29, 0.717) is 0 Å². The fourth-order valence-electron chi connectivity index (χ4n) is 7.03. The van der Waals surface area contributed by atoms with E-state index in [-0.39, 0.29) is 0 Å². The summed E-state index contributed by atoms with van der Waals surface area (Å²) < 4.78 is 0. The number of benzene rings is 9. The average molecular weight is 572 g/mol. The Balaban J connectivity index is 1.23. The average Bonchev–Trinajstić information content (AvgIpc) is 3.12. The lowest BCUT2D eigenvalue weighted by atomic mass is 9.96. The van der Waals surface area contributed by atoms with Gasteiger partial charge >= 0.3 is 0 Å². The molecule has 0 aliphatic rings. The van der Waals surface area contributed by atoms with Gasteiger partial charge in [-0.3, -0.25) is 0 Å². The summed E-state index contributed by atoms with van der Waals surface area (Å²) in [6.07, 6.45) is 0. The number of anilines is 3. The molecule has 0 radical (unpaired) electrons. The molecule has 0 aliphatic heterocycles. The van der Waals surface area contributed by atoms with Crippen molar-refractivity contribution in [2.45, 2.75) is 0 Å². The quantitative estimate of drug-likeness (QED) is 0.190. The Bertz CT molecular complexity index is 2540. The smallest absolute Gasteiger partial charge is 0.0546 e. The molecule has 0 N–H and O–H groups in total. The van der Waals surface area contributed by atoms with E-state index in [2.05, 4.69) is 181 Å². The fraction of sp³-hybridized carbons (Fsp3) is 0. The zero-order valence-electron chi connectivity index (χ0n) is 24.7. The lowest BCUT2D eigenvalue weighted by Gasteiger charge is -2.29. The minimum absolute atomic E-state index is 1.13. The van der Waals surface area contributed by atoms with Crippen molar-refractivity contribution >= 4 is 70.9 Å². The van der Waals surface area contributed by atoms with Crippen molar-refractivity contribution in [2.24, 2.45) is 0 Å². The van der Waals surface area contributed by atoms with Crippen LogP contribution in [0.15, 0.2) is 176 Å². The molecule has 0 unspecified atom stereocenters. The highest BCUT2D eigenvalue weighted by atomic mass is 15.1. The van der Waals surface area contributed by atoms with Crippen LogP contribution in [-0.2, 0) is 0 Å². The van der Waals surface area contributed by atoms with E-state index in [1.54, 1.807) is 0 Å². The van der Waals surface area contributed by atoms with E-state index in [1.807, 2.05) is 0 Å². The maximum atomic E-state index is 2.44. The van der Waals surface area contributed by atoms with Crippen molar-refractivity contribution in [1.82, 2.24) is 0 Å². The SMILES string of the molecule is c1ccc2c(N(c3ccc(-c4ccc5c(ccc6ccccc65)c4)cc3)c3cc4ccccc4c4ccccc34)cccc2c1. The van der Waals surface area contributed by atoms with Crippen molar-refractivity contribution in [3.63, 3.8) is 0 Å². The molecule has 0 heterocycles. The molecule has 0 aromatic heterocycles. The Hall–Kier alpha value is -5.92. The van der Waals surface area contributed by atoms with Crippen molar-refractivity contribution in [3.8, 4) is 11.1 Å². The van der Waals surface area contributed by atoms with Crippen molar-refractivity contribution < 1.29 is 0 Å². The first-order chi connectivity index (χ1) is 22.3. The molecular formula is C44H29N. The molecule has 0 bridgehead atoms. The molecule has 45 heavy (non-hydrogen) atoms. The molecular weight excluding hydrogens is 542 g/mol. The van der Waals surface area contributed by atoms with Crippen LogP contribution in [0.25, 0.3) is 65.0 Å². The second-order valence-corrected chi connectivity index (χ2v) is 11.8. The van der Waals surface area contributed by atoms with Gasteiger partial charge < -0.3 is 4.90 Å².